The predicted molar refractivity (Wildman–Crippen MR) is 123 cm³/mol. The maximum atomic E-state index is 5.65. The molecular formula is C26H27N3O2. The number of pyridine rings is 2. The van der Waals surface area contributed by atoms with Crippen molar-refractivity contribution < 1.29 is 9.47 Å². The van der Waals surface area contributed by atoms with E-state index in [1.54, 1.807) is 14.2 Å². The number of ether oxygens (including phenoxy) is 2. The highest BCUT2D eigenvalue weighted by Crippen LogP contribution is 2.27. The first-order valence-electron chi connectivity index (χ1n) is 10.4. The number of rotatable bonds is 9. The lowest BCUT2D eigenvalue weighted by atomic mass is 10.1. The summed E-state index contributed by atoms with van der Waals surface area (Å²) in [7, 11) is 3.34. The zero-order valence-corrected chi connectivity index (χ0v) is 18.0. The van der Waals surface area contributed by atoms with Gasteiger partial charge in [-0.1, -0.05) is 30.3 Å². The molecule has 2 aromatic carbocycles. The molecule has 0 aliphatic rings. The van der Waals surface area contributed by atoms with E-state index in [0.29, 0.717) is 5.88 Å². The van der Waals surface area contributed by atoms with Crippen LogP contribution in [0.5, 0.6) is 11.6 Å². The molecule has 0 radical (unpaired) electrons. The third-order valence-electron chi connectivity index (χ3n) is 5.37. The molecule has 0 N–H and O–H groups in total. The molecule has 0 aliphatic heterocycles. The lowest BCUT2D eigenvalue weighted by molar-refractivity contribution is 0.254. The molecule has 2 aromatic heterocycles. The molecule has 4 aromatic rings. The quantitative estimate of drug-likeness (QED) is 0.391. The molecule has 0 saturated heterocycles. The fourth-order valence-corrected chi connectivity index (χ4v) is 3.72. The van der Waals surface area contributed by atoms with Crippen molar-refractivity contribution in [3.05, 3.63) is 95.8 Å². The van der Waals surface area contributed by atoms with Crippen molar-refractivity contribution in [2.24, 2.45) is 0 Å². The molecular weight excluding hydrogens is 386 g/mol. The van der Waals surface area contributed by atoms with Crippen LogP contribution < -0.4 is 9.47 Å². The molecule has 0 saturated carbocycles. The Hall–Kier alpha value is -3.44. The lowest BCUT2D eigenvalue weighted by Crippen LogP contribution is -2.25. The Kier molecular flexibility index (Phi) is 6.75. The van der Waals surface area contributed by atoms with Gasteiger partial charge < -0.3 is 9.47 Å². The van der Waals surface area contributed by atoms with Gasteiger partial charge in [0.1, 0.15) is 5.75 Å². The molecule has 158 valence electrons. The first-order valence-corrected chi connectivity index (χ1v) is 10.4. The second-order valence-corrected chi connectivity index (χ2v) is 7.52. The van der Waals surface area contributed by atoms with E-state index in [1.165, 1.54) is 11.1 Å². The second kappa shape index (κ2) is 10.0. The summed E-state index contributed by atoms with van der Waals surface area (Å²) in [5, 5.41) is 1.07. The number of methoxy groups -OCH3 is 2. The van der Waals surface area contributed by atoms with Gasteiger partial charge in [-0.3, -0.25) is 9.88 Å². The first kappa shape index (κ1) is 20.8. The van der Waals surface area contributed by atoms with E-state index < -0.39 is 0 Å². The molecule has 31 heavy (non-hydrogen) atoms. The van der Waals surface area contributed by atoms with Gasteiger partial charge in [-0.05, 0) is 47.9 Å². The van der Waals surface area contributed by atoms with Crippen molar-refractivity contribution in [2.45, 2.75) is 19.5 Å². The summed E-state index contributed by atoms with van der Waals surface area (Å²) in [6, 6.07) is 22.8. The third kappa shape index (κ3) is 5.38. The van der Waals surface area contributed by atoms with Gasteiger partial charge in [0.15, 0.2) is 0 Å². The van der Waals surface area contributed by atoms with Crippen LogP contribution in [0.3, 0.4) is 0 Å². The highest BCUT2D eigenvalue weighted by molar-refractivity contribution is 5.81. The molecule has 0 aliphatic carbocycles. The fraction of sp³-hybridized carbons (Fsp3) is 0.231. The van der Waals surface area contributed by atoms with Crippen LogP contribution in [0, 0.1) is 0 Å². The molecule has 0 unspecified atom stereocenters. The summed E-state index contributed by atoms with van der Waals surface area (Å²) in [6.07, 6.45) is 4.67. The number of fused-ring (bicyclic) bond motifs is 1. The van der Waals surface area contributed by atoms with Crippen molar-refractivity contribution in [2.75, 3.05) is 20.8 Å². The zero-order chi connectivity index (χ0) is 21.5. The van der Waals surface area contributed by atoms with E-state index in [0.717, 1.165) is 48.3 Å². The second-order valence-electron chi connectivity index (χ2n) is 7.52. The van der Waals surface area contributed by atoms with Gasteiger partial charge in [0, 0.05) is 49.0 Å². The lowest BCUT2D eigenvalue weighted by Gasteiger charge is -2.23. The Morgan fingerprint density at radius 1 is 0.806 bits per heavy atom. The van der Waals surface area contributed by atoms with Gasteiger partial charge in [-0.15, -0.1) is 0 Å². The Bertz CT molecular complexity index is 1120. The average Bonchev–Trinajstić information content (AvgIpc) is 2.83. The van der Waals surface area contributed by atoms with Crippen LogP contribution in [-0.4, -0.2) is 35.6 Å². The number of benzene rings is 2. The van der Waals surface area contributed by atoms with E-state index >= 15 is 0 Å². The smallest absolute Gasteiger partial charge is 0.218 e. The van der Waals surface area contributed by atoms with Crippen LogP contribution in [0.25, 0.3) is 10.9 Å². The van der Waals surface area contributed by atoms with Crippen LogP contribution in [0.4, 0.5) is 0 Å². The zero-order valence-electron chi connectivity index (χ0n) is 18.0. The molecule has 0 atom stereocenters. The van der Waals surface area contributed by atoms with E-state index in [4.69, 9.17) is 14.5 Å². The topological polar surface area (TPSA) is 47.5 Å². The average molecular weight is 414 g/mol. The van der Waals surface area contributed by atoms with Crippen LogP contribution in [0.1, 0.15) is 16.7 Å². The first-order chi connectivity index (χ1) is 15.2. The van der Waals surface area contributed by atoms with Gasteiger partial charge >= 0.3 is 0 Å². The van der Waals surface area contributed by atoms with E-state index in [2.05, 4.69) is 58.4 Å². The monoisotopic (exact) mass is 413 g/mol. The number of nitrogens with zero attached hydrogens (tertiary/aromatic N) is 3. The van der Waals surface area contributed by atoms with Crippen LogP contribution in [0.15, 0.2) is 79.1 Å². The largest absolute Gasteiger partial charge is 0.497 e. The number of hydrogen-bond acceptors (Lipinski definition) is 5. The maximum Gasteiger partial charge on any atom is 0.218 e. The molecule has 4 rings (SSSR count). The van der Waals surface area contributed by atoms with Crippen LogP contribution in [0.2, 0.25) is 0 Å². The van der Waals surface area contributed by atoms with Crippen molar-refractivity contribution in [3.63, 3.8) is 0 Å². The van der Waals surface area contributed by atoms with Crippen LogP contribution >= 0.6 is 0 Å². The summed E-state index contributed by atoms with van der Waals surface area (Å²) < 4.78 is 11.0. The molecule has 5 nitrogen and oxygen atoms in total. The van der Waals surface area contributed by atoms with Crippen molar-refractivity contribution in [3.8, 4) is 11.6 Å². The third-order valence-corrected chi connectivity index (χ3v) is 5.37. The predicted octanol–water partition coefficient (Wildman–Crippen LogP) is 4.89. The van der Waals surface area contributed by atoms with Crippen LogP contribution in [-0.2, 0) is 19.5 Å². The highest BCUT2D eigenvalue weighted by atomic mass is 16.5. The van der Waals surface area contributed by atoms with Crippen molar-refractivity contribution in [1.29, 1.82) is 0 Å². The standard InChI is InChI=1S/C26H27N3O2/c1-30-24-9-8-22-16-23(26(31-2)28-25(22)17-24)19-29(18-21-10-13-27-14-11-21)15-12-20-6-4-3-5-7-20/h3-11,13-14,16-17H,12,15,18-19H2,1-2H3. The highest BCUT2D eigenvalue weighted by Gasteiger charge is 2.14. The molecule has 0 bridgehead atoms. The number of hydrogen-bond donors (Lipinski definition) is 0. The number of aromatic nitrogens is 2. The molecule has 0 fully saturated rings. The SMILES string of the molecule is COc1ccc2cc(CN(CCc3ccccc3)Cc3ccncc3)c(OC)nc2c1. The van der Waals surface area contributed by atoms with Crippen molar-refractivity contribution in [1.82, 2.24) is 14.9 Å². The van der Waals surface area contributed by atoms with E-state index in [1.807, 2.05) is 30.6 Å². The summed E-state index contributed by atoms with van der Waals surface area (Å²) in [6.45, 7) is 2.50. The maximum absolute atomic E-state index is 5.65. The molecule has 0 amide bonds. The summed E-state index contributed by atoms with van der Waals surface area (Å²) >= 11 is 0. The fourth-order valence-electron chi connectivity index (χ4n) is 3.72. The summed E-state index contributed by atoms with van der Waals surface area (Å²) in [5.41, 5.74) is 4.51. The van der Waals surface area contributed by atoms with E-state index in [-0.39, 0.29) is 0 Å². The molecule has 0 spiro atoms. The minimum Gasteiger partial charge on any atom is -0.497 e. The van der Waals surface area contributed by atoms with Gasteiger partial charge in [0.25, 0.3) is 0 Å². The Morgan fingerprint density at radius 3 is 2.35 bits per heavy atom. The summed E-state index contributed by atoms with van der Waals surface area (Å²) in [4.78, 5) is 11.3. The van der Waals surface area contributed by atoms with Crippen molar-refractivity contribution >= 4 is 10.9 Å². The Balaban J connectivity index is 1.60. The van der Waals surface area contributed by atoms with Gasteiger partial charge in [0.2, 0.25) is 5.88 Å². The van der Waals surface area contributed by atoms with Gasteiger partial charge in [0.05, 0.1) is 19.7 Å². The summed E-state index contributed by atoms with van der Waals surface area (Å²) in [5.74, 6) is 1.44. The van der Waals surface area contributed by atoms with Gasteiger partial charge in [-0.2, -0.15) is 0 Å². The Morgan fingerprint density at radius 2 is 1.61 bits per heavy atom. The minimum absolute atomic E-state index is 0.653. The molecule has 5 heteroatoms. The van der Waals surface area contributed by atoms with E-state index in [9.17, 15) is 0 Å². The minimum atomic E-state index is 0.653. The molecule has 2 heterocycles. The normalized spacial score (nSPS) is 11.1. The Labute approximate surface area is 183 Å². The van der Waals surface area contributed by atoms with Gasteiger partial charge in [-0.25, -0.2) is 4.98 Å².